The minimum Gasteiger partial charge on any atom is -0.337 e. The molecule has 1 atom stereocenters. The van der Waals surface area contributed by atoms with Crippen molar-refractivity contribution in [2.24, 2.45) is 0 Å². The Kier molecular flexibility index (Phi) is 5.43. The number of hydrogen-bond donors (Lipinski definition) is 0. The number of aromatic nitrogens is 4. The highest BCUT2D eigenvalue weighted by Gasteiger charge is 2.27. The molecule has 144 valence electrons. The predicted octanol–water partition coefficient (Wildman–Crippen LogP) is 1.94. The third-order valence-electron chi connectivity index (χ3n) is 5.19. The van der Waals surface area contributed by atoms with Gasteiger partial charge in [-0.3, -0.25) is 9.69 Å². The van der Waals surface area contributed by atoms with Crippen molar-refractivity contribution in [3.05, 3.63) is 72.1 Å². The molecule has 28 heavy (non-hydrogen) atoms. The molecule has 2 heterocycles. The number of amides is 1. The van der Waals surface area contributed by atoms with Crippen LogP contribution in [0.15, 0.2) is 60.9 Å². The summed E-state index contributed by atoms with van der Waals surface area (Å²) in [6, 6.07) is 18.5. The Morgan fingerprint density at radius 3 is 2.50 bits per heavy atom. The molecule has 0 aliphatic carbocycles. The molecule has 1 unspecified atom stereocenters. The van der Waals surface area contributed by atoms with Crippen molar-refractivity contribution in [1.82, 2.24) is 30.0 Å². The zero-order valence-electron chi connectivity index (χ0n) is 16.0. The van der Waals surface area contributed by atoms with E-state index < -0.39 is 0 Å². The number of carbonyl (C=O) groups is 1. The summed E-state index contributed by atoms with van der Waals surface area (Å²) in [6.07, 6.45) is 1.97. The number of rotatable bonds is 5. The Balaban J connectivity index is 1.32. The Bertz CT molecular complexity index is 894. The van der Waals surface area contributed by atoms with Crippen molar-refractivity contribution < 1.29 is 4.79 Å². The Morgan fingerprint density at radius 1 is 1.04 bits per heavy atom. The lowest BCUT2D eigenvalue weighted by Crippen LogP contribution is -2.54. The van der Waals surface area contributed by atoms with Gasteiger partial charge in [0.25, 0.3) is 0 Å². The summed E-state index contributed by atoms with van der Waals surface area (Å²) in [5.41, 5.74) is 3.20. The van der Waals surface area contributed by atoms with Crippen LogP contribution in [0.5, 0.6) is 0 Å². The second kappa shape index (κ2) is 8.31. The molecule has 0 saturated carbocycles. The minimum absolute atomic E-state index is 0.182. The van der Waals surface area contributed by atoms with Crippen LogP contribution in [0.4, 0.5) is 0 Å². The molecule has 4 rings (SSSR count). The van der Waals surface area contributed by atoms with Gasteiger partial charge < -0.3 is 4.90 Å². The van der Waals surface area contributed by atoms with Gasteiger partial charge in [0, 0.05) is 32.2 Å². The molecule has 1 fully saturated rings. The van der Waals surface area contributed by atoms with E-state index in [1.54, 1.807) is 11.0 Å². The van der Waals surface area contributed by atoms with E-state index in [-0.39, 0.29) is 11.9 Å². The van der Waals surface area contributed by atoms with Gasteiger partial charge in [0.2, 0.25) is 5.91 Å². The van der Waals surface area contributed by atoms with E-state index in [9.17, 15) is 4.79 Å². The van der Waals surface area contributed by atoms with Crippen LogP contribution in [0, 0.1) is 0 Å². The van der Waals surface area contributed by atoms with Gasteiger partial charge in [0.05, 0.1) is 12.1 Å². The molecule has 1 saturated heterocycles. The minimum atomic E-state index is 0.182. The second-order valence-electron chi connectivity index (χ2n) is 7.25. The highest BCUT2D eigenvalue weighted by molar-refractivity contribution is 5.79. The van der Waals surface area contributed by atoms with Crippen LogP contribution in [-0.4, -0.2) is 61.6 Å². The highest BCUT2D eigenvalue weighted by atomic mass is 16.2. The van der Waals surface area contributed by atoms with Crippen LogP contribution >= 0.6 is 0 Å². The van der Waals surface area contributed by atoms with Crippen LogP contribution < -0.4 is 0 Å². The lowest BCUT2D eigenvalue weighted by atomic mass is 10.1. The highest BCUT2D eigenvalue weighted by Crippen LogP contribution is 2.16. The zero-order chi connectivity index (χ0) is 19.3. The molecule has 3 aromatic rings. The van der Waals surface area contributed by atoms with Crippen LogP contribution in [0.3, 0.4) is 0 Å². The summed E-state index contributed by atoms with van der Waals surface area (Å²) in [6.45, 7) is 5.65. The summed E-state index contributed by atoms with van der Waals surface area (Å²) < 4.78 is 1.60. The molecule has 0 bridgehead atoms. The first kappa shape index (κ1) is 18.3. The molecule has 1 aromatic heterocycles. The van der Waals surface area contributed by atoms with Crippen LogP contribution in [0.2, 0.25) is 0 Å². The first-order valence-corrected chi connectivity index (χ1v) is 9.57. The van der Waals surface area contributed by atoms with E-state index in [2.05, 4.69) is 51.6 Å². The van der Waals surface area contributed by atoms with Crippen LogP contribution in [-0.2, 0) is 17.8 Å². The molecular weight excluding hydrogens is 352 g/mol. The number of nitrogens with zero attached hydrogens (tertiary/aromatic N) is 6. The molecule has 0 spiro atoms. The lowest BCUT2D eigenvalue weighted by molar-refractivity contribution is -0.135. The average Bonchev–Trinajstić information content (AvgIpc) is 3.24. The van der Waals surface area contributed by atoms with Crippen molar-refractivity contribution in [1.29, 1.82) is 0 Å². The van der Waals surface area contributed by atoms with Crippen molar-refractivity contribution in [3.8, 4) is 5.69 Å². The van der Waals surface area contributed by atoms with E-state index >= 15 is 0 Å². The first-order chi connectivity index (χ1) is 13.7. The molecule has 7 nitrogen and oxygen atoms in total. The summed E-state index contributed by atoms with van der Waals surface area (Å²) in [7, 11) is 0. The number of tetrazole rings is 1. The normalized spacial score (nSPS) is 17.6. The number of piperazine rings is 1. The van der Waals surface area contributed by atoms with Gasteiger partial charge >= 0.3 is 0 Å². The Labute approximate surface area is 164 Å². The second-order valence-corrected chi connectivity index (χ2v) is 7.25. The number of hydrogen-bond acceptors (Lipinski definition) is 5. The standard InChI is InChI=1S/C21H24N6O/c1-17-14-25(15-19-5-3-2-4-6-19)11-12-26(17)21(28)13-18-7-9-20(10-8-18)27-16-22-23-24-27/h2-10,16-17H,11-15H2,1H3. The fourth-order valence-electron chi connectivity index (χ4n) is 3.71. The number of carbonyl (C=O) groups excluding carboxylic acids is 1. The van der Waals surface area contributed by atoms with Crippen molar-refractivity contribution >= 4 is 5.91 Å². The smallest absolute Gasteiger partial charge is 0.227 e. The van der Waals surface area contributed by atoms with E-state index in [1.807, 2.05) is 35.2 Å². The monoisotopic (exact) mass is 376 g/mol. The van der Waals surface area contributed by atoms with Gasteiger partial charge in [-0.2, -0.15) is 0 Å². The average molecular weight is 376 g/mol. The SMILES string of the molecule is CC1CN(Cc2ccccc2)CCN1C(=O)Cc1ccc(-n2cnnn2)cc1. The summed E-state index contributed by atoms with van der Waals surface area (Å²) in [5.74, 6) is 0.182. The van der Waals surface area contributed by atoms with Gasteiger partial charge in [-0.15, -0.1) is 5.10 Å². The molecule has 1 amide bonds. The van der Waals surface area contributed by atoms with Crippen LogP contribution in [0.1, 0.15) is 18.1 Å². The molecule has 1 aliphatic heterocycles. The third kappa shape index (κ3) is 4.26. The largest absolute Gasteiger partial charge is 0.337 e. The topological polar surface area (TPSA) is 67.2 Å². The summed E-state index contributed by atoms with van der Waals surface area (Å²) in [4.78, 5) is 17.3. The van der Waals surface area contributed by atoms with E-state index in [0.29, 0.717) is 6.42 Å². The van der Waals surface area contributed by atoms with Gasteiger partial charge in [0.1, 0.15) is 6.33 Å². The molecule has 0 radical (unpaired) electrons. The molecular formula is C21H24N6O. The summed E-state index contributed by atoms with van der Waals surface area (Å²) >= 11 is 0. The molecule has 7 heteroatoms. The summed E-state index contributed by atoms with van der Waals surface area (Å²) in [5, 5.41) is 11.2. The molecule has 0 N–H and O–H groups in total. The maximum atomic E-state index is 12.8. The maximum Gasteiger partial charge on any atom is 0.227 e. The number of benzene rings is 2. The first-order valence-electron chi connectivity index (χ1n) is 9.57. The van der Waals surface area contributed by atoms with Crippen LogP contribution in [0.25, 0.3) is 5.69 Å². The van der Waals surface area contributed by atoms with E-state index in [1.165, 1.54) is 5.56 Å². The van der Waals surface area contributed by atoms with Gasteiger partial charge in [-0.25, -0.2) is 4.68 Å². The third-order valence-corrected chi connectivity index (χ3v) is 5.19. The van der Waals surface area contributed by atoms with E-state index in [4.69, 9.17) is 0 Å². The van der Waals surface area contributed by atoms with Crippen molar-refractivity contribution in [2.75, 3.05) is 19.6 Å². The predicted molar refractivity (Wildman–Crippen MR) is 106 cm³/mol. The molecule has 2 aromatic carbocycles. The quantitative estimate of drug-likeness (QED) is 0.681. The Hall–Kier alpha value is -3.06. The van der Waals surface area contributed by atoms with Gasteiger partial charge in [0.15, 0.2) is 0 Å². The van der Waals surface area contributed by atoms with Gasteiger partial charge in [-0.05, 0) is 40.6 Å². The van der Waals surface area contributed by atoms with Crippen molar-refractivity contribution in [3.63, 3.8) is 0 Å². The Morgan fingerprint density at radius 2 is 1.82 bits per heavy atom. The fraction of sp³-hybridized carbons (Fsp3) is 0.333. The van der Waals surface area contributed by atoms with E-state index in [0.717, 1.165) is 37.4 Å². The van der Waals surface area contributed by atoms with Gasteiger partial charge in [-0.1, -0.05) is 42.5 Å². The van der Waals surface area contributed by atoms with Crippen molar-refractivity contribution in [2.45, 2.75) is 25.9 Å². The zero-order valence-corrected chi connectivity index (χ0v) is 16.0. The molecule has 1 aliphatic rings. The lowest BCUT2D eigenvalue weighted by Gasteiger charge is -2.40. The fourth-order valence-corrected chi connectivity index (χ4v) is 3.71. The maximum absolute atomic E-state index is 12.8.